The quantitative estimate of drug-likeness (QED) is 0.626. The van der Waals surface area contributed by atoms with Gasteiger partial charge in [0.1, 0.15) is 24.6 Å². The molecular formula is C12H17N5O4. The summed E-state index contributed by atoms with van der Waals surface area (Å²) in [5.74, 6) is 0.644. The average Bonchev–Trinajstić information content (AvgIpc) is 3.01. The average molecular weight is 295 g/mol. The Kier molecular flexibility index (Phi) is 3.49. The fraction of sp³-hybridized carbons (Fsp3) is 0.583. The molecule has 9 heteroatoms. The molecule has 0 saturated carbocycles. The maximum absolute atomic E-state index is 10.1. The lowest BCUT2D eigenvalue weighted by atomic mass is 10.1. The van der Waals surface area contributed by atoms with E-state index < -0.39 is 24.5 Å². The summed E-state index contributed by atoms with van der Waals surface area (Å²) in [6.45, 7) is -0.376. The second-order valence-corrected chi connectivity index (χ2v) is 5.14. The number of aliphatic hydroxyl groups is 3. The Morgan fingerprint density at radius 2 is 2.00 bits per heavy atom. The molecule has 1 fully saturated rings. The molecule has 114 valence electrons. The Hall–Kier alpha value is -1.81. The van der Waals surface area contributed by atoms with Crippen LogP contribution >= 0.6 is 0 Å². The van der Waals surface area contributed by atoms with E-state index in [0.29, 0.717) is 17.0 Å². The minimum Gasteiger partial charge on any atom is -0.394 e. The van der Waals surface area contributed by atoms with Crippen molar-refractivity contribution < 1.29 is 20.1 Å². The maximum Gasteiger partial charge on any atom is 0.167 e. The molecule has 1 aliphatic heterocycles. The molecule has 0 spiro atoms. The van der Waals surface area contributed by atoms with E-state index in [1.807, 2.05) is 14.1 Å². The van der Waals surface area contributed by atoms with Crippen molar-refractivity contribution in [1.29, 1.82) is 0 Å². The Morgan fingerprint density at radius 3 is 2.62 bits per heavy atom. The predicted octanol–water partition coefficient (Wildman–Crippen LogP) is -1.50. The first-order valence-corrected chi connectivity index (χ1v) is 6.52. The topological polar surface area (TPSA) is 117 Å². The number of fused-ring (bicyclic) bond motifs is 1. The first-order valence-electron chi connectivity index (χ1n) is 6.52. The predicted molar refractivity (Wildman–Crippen MR) is 72.7 cm³/mol. The number of aliphatic hydroxyl groups excluding tert-OH is 3. The molecule has 3 heterocycles. The molecule has 0 radical (unpaired) electrons. The second kappa shape index (κ2) is 5.19. The standard InChI is InChI=1S/C12H17N5O4/c1-16(2)10-7-11(14-4-13-10)17(5-15-7)12-9(20)8(19)6(3-18)21-12/h4-6,8-9,12,18-20H,3H2,1-2H3/t6-,8?,9?,12+/m0/s1. The van der Waals surface area contributed by atoms with Crippen LogP contribution in [-0.4, -0.2) is 73.9 Å². The van der Waals surface area contributed by atoms with E-state index in [1.54, 1.807) is 4.90 Å². The first kappa shape index (κ1) is 14.1. The highest BCUT2D eigenvalue weighted by atomic mass is 16.6. The van der Waals surface area contributed by atoms with Crippen LogP contribution in [0.2, 0.25) is 0 Å². The lowest BCUT2D eigenvalue weighted by Crippen LogP contribution is -2.33. The molecule has 4 atom stereocenters. The van der Waals surface area contributed by atoms with Gasteiger partial charge in [-0.15, -0.1) is 0 Å². The number of rotatable bonds is 3. The van der Waals surface area contributed by atoms with Gasteiger partial charge in [0, 0.05) is 14.1 Å². The highest BCUT2D eigenvalue weighted by Crippen LogP contribution is 2.32. The van der Waals surface area contributed by atoms with Crippen LogP contribution < -0.4 is 4.90 Å². The fourth-order valence-corrected chi connectivity index (χ4v) is 2.46. The smallest absolute Gasteiger partial charge is 0.167 e. The molecule has 1 saturated heterocycles. The van der Waals surface area contributed by atoms with Crippen LogP contribution in [0.15, 0.2) is 12.7 Å². The molecule has 0 bridgehead atoms. The lowest BCUT2D eigenvalue weighted by molar-refractivity contribution is -0.0511. The van der Waals surface area contributed by atoms with Crippen molar-refractivity contribution >= 4 is 17.0 Å². The Bertz CT molecular complexity index is 646. The zero-order valence-electron chi connectivity index (χ0n) is 11.7. The normalized spacial score (nSPS) is 29.2. The molecule has 21 heavy (non-hydrogen) atoms. The first-order chi connectivity index (χ1) is 10.0. The van der Waals surface area contributed by atoms with Crippen molar-refractivity contribution in [3.8, 4) is 0 Å². The molecule has 0 aliphatic carbocycles. The largest absolute Gasteiger partial charge is 0.394 e. The van der Waals surface area contributed by atoms with Crippen molar-refractivity contribution in [1.82, 2.24) is 19.5 Å². The number of anilines is 1. The van der Waals surface area contributed by atoms with Crippen LogP contribution in [0.3, 0.4) is 0 Å². The Morgan fingerprint density at radius 1 is 1.24 bits per heavy atom. The Balaban J connectivity index is 2.04. The molecular weight excluding hydrogens is 278 g/mol. The zero-order chi connectivity index (χ0) is 15.1. The van der Waals surface area contributed by atoms with Gasteiger partial charge in [0.05, 0.1) is 12.9 Å². The number of hydrogen-bond donors (Lipinski definition) is 3. The van der Waals surface area contributed by atoms with E-state index in [9.17, 15) is 10.2 Å². The van der Waals surface area contributed by atoms with Gasteiger partial charge in [0.15, 0.2) is 23.2 Å². The zero-order valence-corrected chi connectivity index (χ0v) is 11.7. The molecule has 2 aromatic rings. The molecule has 0 amide bonds. The van der Waals surface area contributed by atoms with Crippen molar-refractivity contribution in [2.75, 3.05) is 25.6 Å². The summed E-state index contributed by atoms with van der Waals surface area (Å²) in [7, 11) is 3.68. The van der Waals surface area contributed by atoms with Crippen molar-refractivity contribution in [3.05, 3.63) is 12.7 Å². The molecule has 3 N–H and O–H groups in total. The summed E-state index contributed by atoms with van der Waals surface area (Å²) in [5, 5.41) is 29.1. The summed E-state index contributed by atoms with van der Waals surface area (Å²) in [6.07, 6.45) is -1.14. The van der Waals surface area contributed by atoms with Gasteiger partial charge in [-0.2, -0.15) is 0 Å². The number of ether oxygens (including phenoxy) is 1. The summed E-state index contributed by atoms with van der Waals surface area (Å²) in [5.41, 5.74) is 1.06. The number of nitrogens with zero attached hydrogens (tertiary/aromatic N) is 5. The lowest BCUT2D eigenvalue weighted by Gasteiger charge is -2.17. The number of aromatic nitrogens is 4. The number of imidazole rings is 1. The van der Waals surface area contributed by atoms with E-state index in [2.05, 4.69) is 15.0 Å². The minimum absolute atomic E-state index is 0.376. The molecule has 2 aromatic heterocycles. The van der Waals surface area contributed by atoms with Gasteiger partial charge in [-0.05, 0) is 0 Å². The van der Waals surface area contributed by atoms with E-state index in [1.165, 1.54) is 17.2 Å². The van der Waals surface area contributed by atoms with E-state index in [-0.39, 0.29) is 6.61 Å². The van der Waals surface area contributed by atoms with Crippen LogP contribution in [0.5, 0.6) is 0 Å². The van der Waals surface area contributed by atoms with Crippen molar-refractivity contribution in [3.63, 3.8) is 0 Å². The van der Waals surface area contributed by atoms with Gasteiger partial charge in [-0.1, -0.05) is 0 Å². The van der Waals surface area contributed by atoms with Crippen LogP contribution in [-0.2, 0) is 4.74 Å². The van der Waals surface area contributed by atoms with Gasteiger partial charge in [-0.25, -0.2) is 15.0 Å². The van der Waals surface area contributed by atoms with Gasteiger partial charge in [0.25, 0.3) is 0 Å². The van der Waals surface area contributed by atoms with Gasteiger partial charge in [-0.3, -0.25) is 4.57 Å². The van der Waals surface area contributed by atoms with Crippen LogP contribution in [0.4, 0.5) is 5.82 Å². The second-order valence-electron chi connectivity index (χ2n) is 5.14. The van der Waals surface area contributed by atoms with Crippen LogP contribution in [0, 0.1) is 0 Å². The van der Waals surface area contributed by atoms with E-state index >= 15 is 0 Å². The van der Waals surface area contributed by atoms with Crippen LogP contribution in [0.1, 0.15) is 6.23 Å². The monoisotopic (exact) mass is 295 g/mol. The molecule has 9 nitrogen and oxygen atoms in total. The van der Waals surface area contributed by atoms with E-state index in [0.717, 1.165) is 0 Å². The van der Waals surface area contributed by atoms with Gasteiger partial charge >= 0.3 is 0 Å². The molecule has 1 aliphatic rings. The van der Waals surface area contributed by atoms with Gasteiger partial charge in [0.2, 0.25) is 0 Å². The molecule has 0 aromatic carbocycles. The third kappa shape index (κ3) is 2.14. The van der Waals surface area contributed by atoms with E-state index in [4.69, 9.17) is 9.84 Å². The SMILES string of the molecule is CN(C)c1ncnc2c1ncn2[C@@H]1O[C@@H](CO)C(O)C1O. The molecule has 2 unspecified atom stereocenters. The van der Waals surface area contributed by atoms with Crippen molar-refractivity contribution in [2.45, 2.75) is 24.5 Å². The summed E-state index contributed by atoms with van der Waals surface area (Å²) in [4.78, 5) is 14.4. The summed E-state index contributed by atoms with van der Waals surface area (Å²) >= 11 is 0. The number of hydrogen-bond acceptors (Lipinski definition) is 8. The summed E-state index contributed by atoms with van der Waals surface area (Å²) < 4.78 is 7.02. The minimum atomic E-state index is -1.17. The van der Waals surface area contributed by atoms with Crippen molar-refractivity contribution in [2.24, 2.45) is 0 Å². The third-order valence-corrected chi connectivity index (χ3v) is 3.55. The molecule has 3 rings (SSSR count). The highest BCUT2D eigenvalue weighted by Gasteiger charge is 2.44. The Labute approximate surface area is 120 Å². The highest BCUT2D eigenvalue weighted by molar-refractivity contribution is 5.83. The maximum atomic E-state index is 10.1. The van der Waals surface area contributed by atoms with Gasteiger partial charge < -0.3 is 25.0 Å². The fourth-order valence-electron chi connectivity index (χ4n) is 2.46. The third-order valence-electron chi connectivity index (χ3n) is 3.55. The summed E-state index contributed by atoms with van der Waals surface area (Å²) in [6, 6.07) is 0. The van der Waals surface area contributed by atoms with Crippen LogP contribution in [0.25, 0.3) is 11.2 Å².